The molecule has 2 rings (SSSR count). The minimum Gasteiger partial charge on any atom is -0.394 e. The molecule has 110 valence electrons. The van der Waals surface area contributed by atoms with Crippen LogP contribution < -0.4 is 16.6 Å². The summed E-state index contributed by atoms with van der Waals surface area (Å²) >= 11 is 0. The molecule has 0 saturated carbocycles. The van der Waals surface area contributed by atoms with Gasteiger partial charge in [-0.2, -0.15) is 4.98 Å². The minimum atomic E-state index is -0.448. The Balaban J connectivity index is 2.49. The van der Waals surface area contributed by atoms with Crippen LogP contribution in [0.1, 0.15) is 0 Å². The first-order valence-corrected chi connectivity index (χ1v) is 6.01. The topological polar surface area (TPSA) is 114 Å². The third kappa shape index (κ3) is 2.32. The lowest BCUT2D eigenvalue weighted by Gasteiger charge is -2.13. The molecule has 2 heterocycles. The van der Waals surface area contributed by atoms with Crippen LogP contribution in [0.3, 0.4) is 0 Å². The summed E-state index contributed by atoms with van der Waals surface area (Å²) in [4.78, 5) is 30.7. The maximum Gasteiger partial charge on any atom is 0.332 e. The first-order chi connectivity index (χ1) is 9.49. The van der Waals surface area contributed by atoms with Gasteiger partial charge in [0.1, 0.15) is 0 Å². The molecule has 2 aromatic heterocycles. The molecule has 0 aliphatic heterocycles. The predicted octanol–water partition coefficient (Wildman–Crippen LogP) is -1.62. The van der Waals surface area contributed by atoms with Crippen molar-refractivity contribution in [2.75, 3.05) is 25.6 Å². The number of aryl methyl sites for hydroxylation is 1. The molecule has 0 fully saturated rings. The van der Waals surface area contributed by atoms with Crippen molar-refractivity contribution in [3.05, 3.63) is 20.8 Å². The van der Waals surface area contributed by atoms with Crippen LogP contribution in [0.5, 0.6) is 0 Å². The van der Waals surface area contributed by atoms with Gasteiger partial charge in [0, 0.05) is 21.2 Å². The van der Waals surface area contributed by atoms with Gasteiger partial charge in [0.25, 0.3) is 5.56 Å². The van der Waals surface area contributed by atoms with E-state index >= 15 is 0 Å². The number of aliphatic hydroxyl groups excluding tert-OH is 1. The molecule has 9 nitrogen and oxygen atoms in total. The van der Waals surface area contributed by atoms with Gasteiger partial charge in [0.15, 0.2) is 11.2 Å². The number of methoxy groups -OCH3 is 1. The number of imidazole rings is 1. The summed E-state index contributed by atoms with van der Waals surface area (Å²) in [5.74, 6) is 0.300. The molecule has 0 amide bonds. The van der Waals surface area contributed by atoms with Crippen LogP contribution in [-0.2, 0) is 18.8 Å². The predicted molar refractivity (Wildman–Crippen MR) is 72.9 cm³/mol. The Morgan fingerprint density at radius 3 is 2.70 bits per heavy atom. The fraction of sp³-hybridized carbons (Fsp3) is 0.545. The number of aliphatic hydroxyl groups is 1. The number of ether oxygens (including phenoxy) is 1. The molecule has 0 aliphatic carbocycles. The fourth-order valence-electron chi connectivity index (χ4n) is 1.93. The number of hydrogen-bond acceptors (Lipinski definition) is 6. The van der Waals surface area contributed by atoms with Crippen molar-refractivity contribution in [3.8, 4) is 0 Å². The lowest BCUT2D eigenvalue weighted by atomic mass is 10.3. The number of hydrogen-bond donors (Lipinski definition) is 3. The number of rotatable bonds is 5. The lowest BCUT2D eigenvalue weighted by Crippen LogP contribution is -2.36. The Morgan fingerprint density at radius 1 is 1.40 bits per heavy atom. The molecule has 2 aromatic rings. The van der Waals surface area contributed by atoms with E-state index in [0.717, 1.165) is 4.57 Å². The number of anilines is 1. The molecule has 0 radical (unpaired) electrons. The molecule has 0 bridgehead atoms. The molecule has 0 aliphatic rings. The maximum atomic E-state index is 12.0. The van der Waals surface area contributed by atoms with E-state index in [2.05, 4.69) is 15.3 Å². The zero-order valence-electron chi connectivity index (χ0n) is 11.5. The van der Waals surface area contributed by atoms with Gasteiger partial charge in [-0.25, -0.2) is 4.79 Å². The van der Waals surface area contributed by atoms with E-state index in [4.69, 9.17) is 4.74 Å². The van der Waals surface area contributed by atoms with E-state index in [9.17, 15) is 14.7 Å². The molecular weight excluding hydrogens is 266 g/mol. The Hall–Kier alpha value is -2.13. The normalized spacial score (nSPS) is 12.8. The van der Waals surface area contributed by atoms with Gasteiger partial charge in [-0.3, -0.25) is 13.9 Å². The van der Waals surface area contributed by atoms with Crippen LogP contribution in [0.2, 0.25) is 0 Å². The van der Waals surface area contributed by atoms with Crippen LogP contribution in [-0.4, -0.2) is 50.6 Å². The van der Waals surface area contributed by atoms with Crippen LogP contribution in [0.25, 0.3) is 11.2 Å². The van der Waals surface area contributed by atoms with Gasteiger partial charge < -0.3 is 20.1 Å². The van der Waals surface area contributed by atoms with Crippen LogP contribution in [0, 0.1) is 0 Å². The zero-order valence-corrected chi connectivity index (χ0v) is 11.5. The van der Waals surface area contributed by atoms with Gasteiger partial charge in [0.2, 0.25) is 5.95 Å². The molecule has 1 unspecified atom stereocenters. The largest absolute Gasteiger partial charge is 0.394 e. The highest BCUT2D eigenvalue weighted by molar-refractivity contribution is 5.72. The van der Waals surface area contributed by atoms with E-state index in [1.807, 2.05) is 0 Å². The number of H-pyrrole nitrogens is 1. The molecular formula is C11H17N5O4. The van der Waals surface area contributed by atoms with E-state index in [1.165, 1.54) is 25.8 Å². The smallest absolute Gasteiger partial charge is 0.332 e. The second-order valence-electron chi connectivity index (χ2n) is 4.47. The average Bonchev–Trinajstić information content (AvgIpc) is 2.86. The summed E-state index contributed by atoms with van der Waals surface area (Å²) in [6, 6.07) is -0.360. The fourth-order valence-corrected chi connectivity index (χ4v) is 1.93. The van der Waals surface area contributed by atoms with E-state index in [0.29, 0.717) is 5.95 Å². The number of fused-ring (bicyclic) bond motifs is 1. The molecule has 0 spiro atoms. The number of nitrogens with one attached hydrogen (secondary N) is 2. The molecule has 3 N–H and O–H groups in total. The summed E-state index contributed by atoms with van der Waals surface area (Å²) in [6.07, 6.45) is 0. The highest BCUT2D eigenvalue weighted by atomic mass is 16.5. The van der Waals surface area contributed by atoms with E-state index < -0.39 is 11.2 Å². The Labute approximate surface area is 113 Å². The second kappa shape index (κ2) is 5.47. The highest BCUT2D eigenvalue weighted by Crippen LogP contribution is 2.09. The van der Waals surface area contributed by atoms with Crippen molar-refractivity contribution in [2.45, 2.75) is 6.04 Å². The average molecular weight is 283 g/mol. The molecule has 0 aromatic carbocycles. The molecule has 9 heteroatoms. The number of nitrogens with zero attached hydrogens (tertiary/aromatic N) is 3. The highest BCUT2D eigenvalue weighted by Gasteiger charge is 2.15. The number of aromatic nitrogens is 4. The second-order valence-corrected chi connectivity index (χ2v) is 4.47. The van der Waals surface area contributed by atoms with Gasteiger partial charge in [0.05, 0.1) is 19.3 Å². The van der Waals surface area contributed by atoms with Gasteiger partial charge in [-0.05, 0) is 0 Å². The van der Waals surface area contributed by atoms with Gasteiger partial charge >= 0.3 is 5.69 Å². The number of aromatic amines is 1. The van der Waals surface area contributed by atoms with E-state index in [1.54, 1.807) is 0 Å². The minimum absolute atomic E-state index is 0.151. The standard InChI is InChI=1S/C11H17N5O4/c1-15-8-7(9(18)16(2)11(15)19)13-10(14-8)12-6(4-17)5-20-3/h6,17H,4-5H2,1-3H3,(H2,12,13,14). The van der Waals surface area contributed by atoms with Crippen molar-refractivity contribution < 1.29 is 9.84 Å². The quantitative estimate of drug-likeness (QED) is 0.607. The van der Waals surface area contributed by atoms with Crippen LogP contribution in [0.4, 0.5) is 5.95 Å². The summed E-state index contributed by atoms with van der Waals surface area (Å²) in [5, 5.41) is 12.1. The van der Waals surface area contributed by atoms with Crippen molar-refractivity contribution in [1.29, 1.82) is 0 Å². The van der Waals surface area contributed by atoms with Crippen LogP contribution in [0.15, 0.2) is 9.59 Å². The Kier molecular flexibility index (Phi) is 3.91. The van der Waals surface area contributed by atoms with Gasteiger partial charge in [-0.1, -0.05) is 0 Å². The Bertz CT molecular complexity index is 729. The third-order valence-electron chi connectivity index (χ3n) is 3.02. The molecule has 0 saturated heterocycles. The van der Waals surface area contributed by atoms with Crippen LogP contribution >= 0.6 is 0 Å². The van der Waals surface area contributed by atoms with E-state index in [-0.39, 0.29) is 30.4 Å². The van der Waals surface area contributed by atoms with Crippen molar-refractivity contribution in [1.82, 2.24) is 19.1 Å². The van der Waals surface area contributed by atoms with Crippen molar-refractivity contribution in [2.24, 2.45) is 14.1 Å². The summed E-state index contributed by atoms with van der Waals surface area (Å²) in [5.41, 5.74) is -0.409. The van der Waals surface area contributed by atoms with Gasteiger partial charge in [-0.15, -0.1) is 0 Å². The summed E-state index contributed by atoms with van der Waals surface area (Å²) < 4.78 is 7.23. The summed E-state index contributed by atoms with van der Waals surface area (Å²) in [7, 11) is 4.45. The monoisotopic (exact) mass is 283 g/mol. The first kappa shape index (κ1) is 14.3. The third-order valence-corrected chi connectivity index (χ3v) is 3.02. The Morgan fingerprint density at radius 2 is 2.10 bits per heavy atom. The lowest BCUT2D eigenvalue weighted by molar-refractivity contribution is 0.153. The molecule has 1 atom stereocenters. The maximum absolute atomic E-state index is 12.0. The summed E-state index contributed by atoms with van der Waals surface area (Å²) in [6.45, 7) is 0.131. The van der Waals surface area contributed by atoms with Crippen molar-refractivity contribution in [3.63, 3.8) is 0 Å². The van der Waals surface area contributed by atoms with Crippen molar-refractivity contribution >= 4 is 17.1 Å². The SMILES string of the molecule is COCC(CO)Nc1nc2c([nH]1)c(=O)n(C)c(=O)n2C. The zero-order chi connectivity index (χ0) is 14.9. The first-order valence-electron chi connectivity index (χ1n) is 6.01. The molecule has 20 heavy (non-hydrogen) atoms.